The lowest BCUT2D eigenvalue weighted by molar-refractivity contribution is -0.172. The Hall–Kier alpha value is -7.63. The fraction of sp³-hybridized carbons (Fsp3) is 0.354. The number of hydrogen-bond acceptors (Lipinski definition) is 14. The molecule has 0 bridgehead atoms. The van der Waals surface area contributed by atoms with Crippen molar-refractivity contribution in [2.75, 3.05) is 71.1 Å². The van der Waals surface area contributed by atoms with Gasteiger partial charge in [-0.25, -0.2) is 9.78 Å². The van der Waals surface area contributed by atoms with Gasteiger partial charge in [0.1, 0.15) is 49.6 Å². The van der Waals surface area contributed by atoms with Crippen LogP contribution in [0.15, 0.2) is 71.9 Å². The number of nitrogens with zero attached hydrogens (tertiary/aromatic N) is 6. The van der Waals surface area contributed by atoms with E-state index in [9.17, 15) is 33.9 Å². The van der Waals surface area contributed by atoms with Crippen molar-refractivity contribution in [3.05, 3.63) is 111 Å². The smallest absolute Gasteiger partial charge is 0.343 e. The van der Waals surface area contributed by atoms with Crippen molar-refractivity contribution in [3.8, 4) is 17.1 Å². The van der Waals surface area contributed by atoms with Crippen LogP contribution >= 0.6 is 0 Å². The number of carbonyl (C=O) groups excluding carboxylic acids is 5. The van der Waals surface area contributed by atoms with Crippen LogP contribution in [0, 0.1) is 0 Å². The number of fused-ring (bicyclic) bond motifs is 5. The molecule has 0 fully saturated rings. The number of amides is 4. The van der Waals surface area contributed by atoms with E-state index in [2.05, 4.69) is 21.3 Å². The Morgan fingerprint density at radius 2 is 1.39 bits per heavy atom. The van der Waals surface area contributed by atoms with E-state index in [4.69, 9.17) is 28.7 Å². The highest BCUT2D eigenvalue weighted by molar-refractivity contribution is 6.08. The molecule has 22 heteroatoms. The SMILES string of the molecule is CCC1(O)C(=O)OCc2c1cc1n(c2=O)Cc2cc3cc(OCC(=O)Nc4cc(C(=O)Nc5cc(C(=O)Nc6cc(C(=O)NCCCN(C)C)n(COC)c6)n(COC)c5)n(COC)c4)ccc3nc2-1. The minimum atomic E-state index is -1.93. The number of cyclic esters (lactones) is 1. The summed E-state index contributed by atoms with van der Waals surface area (Å²) < 4.78 is 33.1. The molecule has 1 aromatic carbocycles. The Labute approximate surface area is 401 Å². The molecule has 5 N–H and O–H groups in total. The molecule has 0 saturated heterocycles. The van der Waals surface area contributed by atoms with Gasteiger partial charge in [-0.2, -0.15) is 0 Å². The number of methoxy groups -OCH3 is 3. The Bertz CT molecular complexity index is 3080. The molecular formula is C48H54N10O12. The summed E-state index contributed by atoms with van der Waals surface area (Å²) in [6.45, 7) is 2.56. The molecule has 70 heavy (non-hydrogen) atoms. The predicted octanol–water partition coefficient (Wildman–Crippen LogP) is 3.50. The van der Waals surface area contributed by atoms with Gasteiger partial charge in [-0.15, -0.1) is 0 Å². The lowest BCUT2D eigenvalue weighted by Gasteiger charge is -2.31. The summed E-state index contributed by atoms with van der Waals surface area (Å²) in [5.74, 6) is -2.34. The predicted molar refractivity (Wildman–Crippen MR) is 254 cm³/mol. The Kier molecular flexibility index (Phi) is 14.3. The average molecular weight is 963 g/mol. The summed E-state index contributed by atoms with van der Waals surface area (Å²) in [6.07, 6.45) is 5.47. The van der Waals surface area contributed by atoms with E-state index in [0.29, 0.717) is 46.0 Å². The van der Waals surface area contributed by atoms with E-state index in [1.54, 1.807) is 58.8 Å². The van der Waals surface area contributed by atoms with Crippen LogP contribution < -0.4 is 31.6 Å². The number of esters is 1. The first-order chi connectivity index (χ1) is 33.6. The molecule has 6 aromatic rings. The van der Waals surface area contributed by atoms with Gasteiger partial charge in [0.25, 0.3) is 29.2 Å². The summed E-state index contributed by atoms with van der Waals surface area (Å²) in [5, 5.41) is 23.1. The van der Waals surface area contributed by atoms with Crippen molar-refractivity contribution in [3.63, 3.8) is 0 Å². The van der Waals surface area contributed by atoms with Gasteiger partial charge in [-0.3, -0.25) is 24.0 Å². The molecule has 8 rings (SSSR count). The molecule has 368 valence electrons. The van der Waals surface area contributed by atoms with Gasteiger partial charge in [-0.1, -0.05) is 6.92 Å². The molecule has 1 unspecified atom stereocenters. The maximum Gasteiger partial charge on any atom is 0.343 e. The number of anilines is 3. The molecular weight excluding hydrogens is 909 g/mol. The number of aliphatic hydroxyl groups is 1. The normalized spacial score (nSPS) is 14.8. The number of rotatable bonds is 20. The molecule has 2 aliphatic rings. The van der Waals surface area contributed by atoms with Crippen LogP contribution in [-0.2, 0) is 67.5 Å². The Balaban J connectivity index is 0.911. The van der Waals surface area contributed by atoms with Crippen LogP contribution in [0.25, 0.3) is 22.3 Å². The number of nitrogens with one attached hydrogen (secondary N) is 4. The van der Waals surface area contributed by atoms with E-state index in [-0.39, 0.29) is 91.7 Å². The standard InChI is InChI=1S/C48H54N10O12/c1-7-48(65)35-18-37-42-29(19-58(37)46(63)34(35)23-70-47(48)64)13-28-14-33(9-10-36(28)53-42)69-24-41(59)50-30-15-39(56(20-30)26-67-5)44(61)52-32-17-40(57(22-32)27-68-6)45(62)51-31-16-38(55(21-31)25-66-4)43(60)49-11-8-12-54(2)3/h9-10,13-18,20-22,65H,7-8,11-12,19,23-27H2,1-6H3,(H,49,60)(H,50,59)(H,51,62)(H,52,61). The van der Waals surface area contributed by atoms with E-state index >= 15 is 0 Å². The van der Waals surface area contributed by atoms with Crippen LogP contribution in [0.1, 0.15) is 67.9 Å². The fourth-order valence-electron chi connectivity index (χ4n) is 8.52. The first-order valence-electron chi connectivity index (χ1n) is 22.3. The highest BCUT2D eigenvalue weighted by Crippen LogP contribution is 2.39. The monoisotopic (exact) mass is 962 g/mol. The molecule has 2 aliphatic heterocycles. The highest BCUT2D eigenvalue weighted by atomic mass is 16.6. The molecule has 0 radical (unpaired) electrons. The van der Waals surface area contributed by atoms with Gasteiger partial charge in [0, 0.05) is 63.0 Å². The number of hydrogen-bond donors (Lipinski definition) is 5. The molecule has 0 aliphatic carbocycles. The molecule has 0 spiro atoms. The van der Waals surface area contributed by atoms with E-state index in [1.807, 2.05) is 25.1 Å². The molecule has 1 atom stereocenters. The van der Waals surface area contributed by atoms with Gasteiger partial charge in [-0.05, 0) is 82.0 Å². The zero-order valence-corrected chi connectivity index (χ0v) is 39.5. The van der Waals surface area contributed by atoms with Crippen LogP contribution in [0.2, 0.25) is 0 Å². The third-order valence-corrected chi connectivity index (χ3v) is 11.9. The second-order valence-electron chi connectivity index (χ2n) is 17.1. The maximum atomic E-state index is 13.8. The second-order valence-corrected chi connectivity index (χ2v) is 17.1. The van der Waals surface area contributed by atoms with Crippen molar-refractivity contribution in [2.45, 2.75) is 58.7 Å². The first kappa shape index (κ1) is 48.8. The Morgan fingerprint density at radius 1 is 0.800 bits per heavy atom. The summed E-state index contributed by atoms with van der Waals surface area (Å²) in [5.41, 5.74) is 2.07. The number of carbonyl (C=O) groups is 5. The van der Waals surface area contributed by atoms with Crippen molar-refractivity contribution in [2.24, 2.45) is 0 Å². The molecule has 5 aromatic heterocycles. The molecule has 22 nitrogen and oxygen atoms in total. The minimum absolute atomic E-state index is 0.0218. The van der Waals surface area contributed by atoms with Gasteiger partial charge in [0.2, 0.25) is 0 Å². The van der Waals surface area contributed by atoms with E-state index < -0.39 is 29.3 Å². The molecule has 7 heterocycles. The number of benzene rings is 1. The summed E-state index contributed by atoms with van der Waals surface area (Å²) >= 11 is 0. The highest BCUT2D eigenvalue weighted by Gasteiger charge is 2.45. The van der Waals surface area contributed by atoms with Gasteiger partial charge < -0.3 is 73.2 Å². The van der Waals surface area contributed by atoms with Crippen LogP contribution in [0.5, 0.6) is 5.75 Å². The van der Waals surface area contributed by atoms with Gasteiger partial charge in [0.05, 0.1) is 46.1 Å². The largest absolute Gasteiger partial charge is 0.484 e. The quantitative estimate of drug-likeness (QED) is 0.0542. The van der Waals surface area contributed by atoms with Gasteiger partial charge in [0.15, 0.2) is 12.2 Å². The van der Waals surface area contributed by atoms with Crippen LogP contribution in [-0.4, -0.2) is 118 Å². The fourth-order valence-corrected chi connectivity index (χ4v) is 8.52. The van der Waals surface area contributed by atoms with Crippen molar-refractivity contribution < 1.29 is 52.8 Å². The zero-order valence-electron chi connectivity index (χ0n) is 39.5. The number of pyridine rings is 2. The first-order valence-corrected chi connectivity index (χ1v) is 22.3. The zero-order chi connectivity index (χ0) is 49.9. The number of ether oxygens (including phenoxy) is 5. The number of aromatic nitrogens is 5. The summed E-state index contributed by atoms with van der Waals surface area (Å²) in [4.78, 5) is 86.6. The van der Waals surface area contributed by atoms with E-state index in [1.165, 1.54) is 48.8 Å². The second kappa shape index (κ2) is 20.5. The topological polar surface area (TPSA) is 253 Å². The van der Waals surface area contributed by atoms with Crippen LogP contribution in [0.3, 0.4) is 0 Å². The van der Waals surface area contributed by atoms with Crippen LogP contribution in [0.4, 0.5) is 17.1 Å². The molecule has 4 amide bonds. The summed E-state index contributed by atoms with van der Waals surface area (Å²) in [6, 6.07) is 13.2. The average Bonchev–Trinajstić information content (AvgIpc) is 4.12. The summed E-state index contributed by atoms with van der Waals surface area (Å²) in [7, 11) is 8.33. The third-order valence-electron chi connectivity index (χ3n) is 11.9. The third kappa shape index (κ3) is 9.93. The van der Waals surface area contributed by atoms with Crippen molar-refractivity contribution in [1.29, 1.82) is 0 Å². The van der Waals surface area contributed by atoms with Crippen molar-refractivity contribution >= 4 is 57.6 Å². The maximum absolute atomic E-state index is 13.8. The van der Waals surface area contributed by atoms with Crippen molar-refractivity contribution in [1.82, 2.24) is 33.5 Å². The lowest BCUT2D eigenvalue weighted by Crippen LogP contribution is -2.44. The Morgan fingerprint density at radius 3 is 1.96 bits per heavy atom. The van der Waals surface area contributed by atoms with Gasteiger partial charge >= 0.3 is 5.97 Å². The van der Waals surface area contributed by atoms with E-state index in [0.717, 1.165) is 18.5 Å². The minimum Gasteiger partial charge on any atom is -0.484 e. The molecule has 0 saturated carbocycles. The lowest BCUT2D eigenvalue weighted by atomic mass is 9.86.